The molecule has 1 heterocycles. The highest BCUT2D eigenvalue weighted by Crippen LogP contribution is 2.21. The molecule has 2 nitrogen and oxygen atoms in total. The second kappa shape index (κ2) is 5.10. The molecule has 0 aliphatic rings. The summed E-state index contributed by atoms with van der Waals surface area (Å²) in [6.45, 7) is 0.244. The molecule has 0 aliphatic carbocycles. The molecule has 0 saturated carbocycles. The maximum atomic E-state index is 13.3. The Balaban J connectivity index is 2.11. The highest BCUT2D eigenvalue weighted by Gasteiger charge is 2.09. The quantitative estimate of drug-likeness (QED) is 0.862. The molecule has 0 amide bonds. The summed E-state index contributed by atoms with van der Waals surface area (Å²) in [7, 11) is 0. The Morgan fingerprint density at radius 3 is 2.50 bits per heavy atom. The smallest absolute Gasteiger partial charge is 0.161 e. The highest BCUT2D eigenvalue weighted by molar-refractivity contribution is 7.10. The van der Waals surface area contributed by atoms with E-state index < -0.39 is 17.5 Å². The molecule has 1 aromatic carbocycles. The summed E-state index contributed by atoms with van der Waals surface area (Å²) in [6, 6.07) is 4.88. The zero-order chi connectivity index (χ0) is 13.1. The molecule has 2 aromatic rings. The molecule has 1 aromatic heterocycles. The number of benzene rings is 1. The zero-order valence-electron chi connectivity index (χ0n) is 9.01. The van der Waals surface area contributed by atoms with Crippen molar-refractivity contribution in [3.63, 3.8) is 0 Å². The van der Waals surface area contributed by atoms with Crippen molar-refractivity contribution in [2.24, 2.45) is 0 Å². The Morgan fingerprint density at radius 1 is 1.11 bits per heavy atom. The fourth-order valence-electron chi connectivity index (χ4n) is 1.37. The first-order valence-electron chi connectivity index (χ1n) is 4.96. The number of rotatable bonds is 3. The van der Waals surface area contributed by atoms with Crippen LogP contribution >= 0.6 is 11.3 Å². The minimum absolute atomic E-state index is 0.110. The number of nitrogens with zero attached hydrogens (tertiary/aromatic N) is 1. The van der Waals surface area contributed by atoms with Crippen LogP contribution < -0.4 is 5.32 Å². The Labute approximate surface area is 105 Å². The summed E-state index contributed by atoms with van der Waals surface area (Å²) in [5.41, 5.74) is 0.406. The van der Waals surface area contributed by atoms with Gasteiger partial charge in [-0.25, -0.2) is 13.2 Å². The van der Waals surface area contributed by atoms with Crippen LogP contribution in [0.15, 0.2) is 23.6 Å². The SMILES string of the molecule is N#Cc1csc(CNc2cc(F)c(F)cc2F)c1. The summed E-state index contributed by atoms with van der Waals surface area (Å²) in [5, 5.41) is 13.0. The Bertz CT molecular complexity index is 616. The van der Waals surface area contributed by atoms with Crippen molar-refractivity contribution in [1.82, 2.24) is 0 Å². The maximum Gasteiger partial charge on any atom is 0.161 e. The first-order valence-corrected chi connectivity index (χ1v) is 5.84. The molecule has 0 bridgehead atoms. The molecule has 2 rings (SSSR count). The van der Waals surface area contributed by atoms with E-state index in [0.717, 1.165) is 10.9 Å². The van der Waals surface area contributed by atoms with Crippen LogP contribution in [0.5, 0.6) is 0 Å². The number of nitrogens with one attached hydrogen (secondary N) is 1. The van der Waals surface area contributed by atoms with E-state index in [1.165, 1.54) is 11.3 Å². The monoisotopic (exact) mass is 268 g/mol. The topological polar surface area (TPSA) is 35.8 Å². The van der Waals surface area contributed by atoms with Crippen LogP contribution in [0.2, 0.25) is 0 Å². The van der Waals surface area contributed by atoms with Gasteiger partial charge in [0.25, 0.3) is 0 Å². The van der Waals surface area contributed by atoms with Gasteiger partial charge in [-0.2, -0.15) is 5.26 Å². The third-order valence-corrected chi connectivity index (χ3v) is 3.18. The van der Waals surface area contributed by atoms with Gasteiger partial charge in [0.2, 0.25) is 0 Å². The number of anilines is 1. The Kier molecular flexibility index (Phi) is 3.53. The van der Waals surface area contributed by atoms with E-state index in [1.54, 1.807) is 11.4 Å². The first-order chi connectivity index (χ1) is 8.60. The second-order valence-electron chi connectivity index (χ2n) is 3.51. The summed E-state index contributed by atoms with van der Waals surface area (Å²) < 4.78 is 38.9. The molecule has 0 spiro atoms. The van der Waals surface area contributed by atoms with Gasteiger partial charge in [-0.15, -0.1) is 11.3 Å². The predicted octanol–water partition coefficient (Wildman–Crippen LogP) is 3.65. The van der Waals surface area contributed by atoms with Gasteiger partial charge in [-0.3, -0.25) is 0 Å². The van der Waals surface area contributed by atoms with Gasteiger partial charge in [-0.05, 0) is 6.07 Å². The van der Waals surface area contributed by atoms with Gasteiger partial charge in [0.15, 0.2) is 11.6 Å². The summed E-state index contributed by atoms with van der Waals surface area (Å²) in [6.07, 6.45) is 0. The molecule has 1 N–H and O–H groups in total. The largest absolute Gasteiger partial charge is 0.378 e. The molecule has 0 unspecified atom stereocenters. The van der Waals surface area contributed by atoms with Crippen molar-refractivity contribution in [3.05, 3.63) is 51.5 Å². The lowest BCUT2D eigenvalue weighted by Gasteiger charge is -2.06. The molecule has 18 heavy (non-hydrogen) atoms. The molecule has 0 saturated heterocycles. The summed E-state index contributed by atoms with van der Waals surface area (Å²) in [4.78, 5) is 0.802. The van der Waals surface area contributed by atoms with Crippen LogP contribution in [-0.2, 0) is 6.54 Å². The van der Waals surface area contributed by atoms with Crippen LogP contribution in [0.4, 0.5) is 18.9 Å². The summed E-state index contributed by atoms with van der Waals surface area (Å²) in [5.74, 6) is -3.19. The Morgan fingerprint density at radius 2 is 1.83 bits per heavy atom. The van der Waals surface area contributed by atoms with E-state index in [0.29, 0.717) is 11.6 Å². The van der Waals surface area contributed by atoms with Crippen molar-refractivity contribution in [1.29, 1.82) is 5.26 Å². The molecule has 0 atom stereocenters. The van der Waals surface area contributed by atoms with Gasteiger partial charge in [-0.1, -0.05) is 0 Å². The molecule has 0 aliphatic heterocycles. The van der Waals surface area contributed by atoms with Gasteiger partial charge in [0.05, 0.1) is 11.3 Å². The van der Waals surface area contributed by atoms with Crippen molar-refractivity contribution in [2.75, 3.05) is 5.32 Å². The van der Waals surface area contributed by atoms with Gasteiger partial charge in [0.1, 0.15) is 11.9 Å². The van der Waals surface area contributed by atoms with Crippen LogP contribution in [0.25, 0.3) is 0 Å². The van der Waals surface area contributed by atoms with Crippen molar-refractivity contribution >= 4 is 17.0 Å². The van der Waals surface area contributed by atoms with Crippen molar-refractivity contribution in [3.8, 4) is 6.07 Å². The van der Waals surface area contributed by atoms with Crippen LogP contribution in [0.3, 0.4) is 0 Å². The summed E-state index contributed by atoms with van der Waals surface area (Å²) >= 11 is 1.33. The average molecular weight is 268 g/mol. The van der Waals surface area contributed by atoms with Crippen LogP contribution in [-0.4, -0.2) is 0 Å². The second-order valence-corrected chi connectivity index (χ2v) is 4.51. The lowest BCUT2D eigenvalue weighted by molar-refractivity contribution is 0.496. The molecule has 92 valence electrons. The normalized spacial score (nSPS) is 10.1. The fourth-order valence-corrected chi connectivity index (χ4v) is 2.12. The van der Waals surface area contributed by atoms with E-state index in [9.17, 15) is 13.2 Å². The number of hydrogen-bond donors (Lipinski definition) is 1. The minimum Gasteiger partial charge on any atom is -0.378 e. The first kappa shape index (κ1) is 12.5. The van der Waals surface area contributed by atoms with E-state index in [4.69, 9.17) is 5.26 Å². The van der Waals surface area contributed by atoms with E-state index in [-0.39, 0.29) is 12.2 Å². The van der Waals surface area contributed by atoms with Crippen molar-refractivity contribution < 1.29 is 13.2 Å². The van der Waals surface area contributed by atoms with Gasteiger partial charge < -0.3 is 5.32 Å². The van der Waals surface area contributed by atoms with E-state index in [1.807, 2.05) is 6.07 Å². The predicted molar refractivity (Wildman–Crippen MR) is 62.7 cm³/mol. The number of nitriles is 1. The molecule has 0 radical (unpaired) electrons. The third-order valence-electron chi connectivity index (χ3n) is 2.25. The van der Waals surface area contributed by atoms with E-state index in [2.05, 4.69) is 5.32 Å². The Hall–Kier alpha value is -2.00. The van der Waals surface area contributed by atoms with Gasteiger partial charge >= 0.3 is 0 Å². The fraction of sp³-hybridized carbons (Fsp3) is 0.0833. The van der Waals surface area contributed by atoms with Crippen molar-refractivity contribution in [2.45, 2.75) is 6.54 Å². The number of thiophene rings is 1. The average Bonchev–Trinajstić information content (AvgIpc) is 2.80. The van der Waals surface area contributed by atoms with Gasteiger partial charge in [0, 0.05) is 28.9 Å². The zero-order valence-corrected chi connectivity index (χ0v) is 9.82. The third kappa shape index (κ3) is 2.63. The maximum absolute atomic E-state index is 13.3. The lowest BCUT2D eigenvalue weighted by Crippen LogP contribution is -2.01. The lowest BCUT2D eigenvalue weighted by atomic mass is 10.2. The molecular formula is C12H7F3N2S. The number of hydrogen-bond acceptors (Lipinski definition) is 3. The minimum atomic E-state index is -1.22. The van der Waals surface area contributed by atoms with Crippen LogP contribution in [0, 0.1) is 28.8 Å². The van der Waals surface area contributed by atoms with E-state index >= 15 is 0 Å². The molecule has 0 fully saturated rings. The number of halogens is 3. The molecule has 6 heteroatoms. The van der Waals surface area contributed by atoms with Crippen LogP contribution in [0.1, 0.15) is 10.4 Å². The standard InChI is InChI=1S/C12H7F3N2S/c13-9-2-11(15)12(3-10(9)14)17-5-8-1-7(4-16)6-18-8/h1-3,6,17H,5H2. The highest BCUT2D eigenvalue weighted by atomic mass is 32.1. The molecular weight excluding hydrogens is 261 g/mol.